The first-order valence-corrected chi connectivity index (χ1v) is 9.64. The second-order valence-electron chi connectivity index (χ2n) is 5.78. The molecule has 0 spiro atoms. The molecule has 8 nitrogen and oxygen atoms in total. The summed E-state index contributed by atoms with van der Waals surface area (Å²) < 4.78 is 29.5. The van der Waals surface area contributed by atoms with Crippen LogP contribution in [0.1, 0.15) is 20.8 Å². The maximum absolute atomic E-state index is 12.3. The van der Waals surface area contributed by atoms with Crippen LogP contribution >= 0.6 is 15.9 Å². The number of hydrogen-bond acceptors (Lipinski definition) is 7. The van der Waals surface area contributed by atoms with E-state index in [0.29, 0.717) is 11.1 Å². The fourth-order valence-electron chi connectivity index (χ4n) is 2.14. The van der Waals surface area contributed by atoms with Gasteiger partial charge in [0.25, 0.3) is 5.69 Å². The molecule has 1 aromatic rings. The molecule has 1 aliphatic carbocycles. The number of hydrogen-bond donors (Lipinski definition) is 0. The van der Waals surface area contributed by atoms with Gasteiger partial charge < -0.3 is 0 Å². The monoisotopic (exact) mass is 442 g/mol. The van der Waals surface area contributed by atoms with Gasteiger partial charge in [-0.25, -0.2) is 0 Å². The molecule has 0 N–H and O–H groups in total. The van der Waals surface area contributed by atoms with Crippen molar-refractivity contribution in [2.45, 2.75) is 25.7 Å². The molecule has 10 heteroatoms. The van der Waals surface area contributed by atoms with E-state index >= 15 is 0 Å². The average Bonchev–Trinajstić information content (AvgIpc) is 2.59. The molecule has 0 saturated carbocycles. The van der Waals surface area contributed by atoms with E-state index in [9.17, 15) is 23.3 Å². The fourth-order valence-corrected chi connectivity index (χ4v) is 3.35. The Morgan fingerprint density at radius 3 is 2.54 bits per heavy atom. The molecule has 0 heterocycles. The van der Waals surface area contributed by atoms with Crippen LogP contribution in [0.3, 0.4) is 0 Å². The summed E-state index contributed by atoms with van der Waals surface area (Å²) >= 11 is 3.19. The summed E-state index contributed by atoms with van der Waals surface area (Å²) in [6.07, 6.45) is 1.47. The smallest absolute Gasteiger partial charge is 0.288 e. The molecule has 1 aliphatic rings. The second-order valence-corrected chi connectivity index (χ2v) is 8.10. The zero-order valence-corrected chi connectivity index (χ0v) is 16.5. The summed E-state index contributed by atoms with van der Waals surface area (Å²) in [5.41, 5.74) is 0.673. The van der Waals surface area contributed by atoms with Gasteiger partial charge in [0, 0.05) is 17.7 Å². The largest absolute Gasteiger partial charge is 0.358 e. The summed E-state index contributed by atoms with van der Waals surface area (Å²) in [6, 6.07) is 4.45. The quantitative estimate of drug-likeness (QED) is 0.391. The Hall–Kier alpha value is -2.33. The zero-order chi connectivity index (χ0) is 19.6. The molecular weight excluding hydrogens is 428 g/mol. The molecule has 0 aliphatic heterocycles. The van der Waals surface area contributed by atoms with Gasteiger partial charge in [0.05, 0.1) is 9.41 Å². The van der Waals surface area contributed by atoms with E-state index in [4.69, 9.17) is 4.28 Å². The number of Topliss-reactive ketones (excluding diaryl/α,β-unsaturated/α-hetero) is 1. The maximum Gasteiger partial charge on any atom is 0.358 e. The molecular formula is C16H15BrN2O6S. The number of non-ortho nitro benzene ring substituents is 1. The van der Waals surface area contributed by atoms with Gasteiger partial charge in [-0.3, -0.25) is 19.2 Å². The minimum Gasteiger partial charge on any atom is -0.288 e. The molecule has 2 rings (SSSR count). The van der Waals surface area contributed by atoms with Crippen LogP contribution < -0.4 is 0 Å². The minimum atomic E-state index is -4.35. The van der Waals surface area contributed by atoms with Gasteiger partial charge >= 0.3 is 10.1 Å². The summed E-state index contributed by atoms with van der Waals surface area (Å²) in [6.45, 7) is 5.24. The number of benzene rings is 1. The van der Waals surface area contributed by atoms with Crippen LogP contribution in [0.2, 0.25) is 0 Å². The van der Waals surface area contributed by atoms with Gasteiger partial charge in [0.15, 0.2) is 5.78 Å². The molecule has 0 bridgehead atoms. The Labute approximate surface area is 158 Å². The van der Waals surface area contributed by atoms with Crippen molar-refractivity contribution in [3.63, 3.8) is 0 Å². The Bertz CT molecular complexity index is 976. The molecule has 26 heavy (non-hydrogen) atoms. The van der Waals surface area contributed by atoms with Crippen molar-refractivity contribution in [3.05, 3.63) is 56.1 Å². The van der Waals surface area contributed by atoms with Crippen molar-refractivity contribution in [1.82, 2.24) is 0 Å². The molecule has 138 valence electrons. The summed E-state index contributed by atoms with van der Waals surface area (Å²) in [4.78, 5) is 21.9. The van der Waals surface area contributed by atoms with E-state index in [1.165, 1.54) is 24.3 Å². The van der Waals surface area contributed by atoms with Crippen LogP contribution in [0.5, 0.6) is 0 Å². The highest BCUT2D eigenvalue weighted by Crippen LogP contribution is 2.28. The lowest BCUT2D eigenvalue weighted by Crippen LogP contribution is -2.19. The number of allylic oxidation sites excluding steroid dienone is 4. The van der Waals surface area contributed by atoms with Gasteiger partial charge in [0.1, 0.15) is 10.6 Å². The van der Waals surface area contributed by atoms with Crippen molar-refractivity contribution in [3.8, 4) is 0 Å². The third kappa shape index (κ3) is 4.07. The minimum absolute atomic E-state index is 0.0956. The van der Waals surface area contributed by atoms with Gasteiger partial charge in [-0.2, -0.15) is 8.42 Å². The number of nitro groups is 1. The van der Waals surface area contributed by atoms with Gasteiger partial charge in [-0.15, -0.1) is 0 Å². The third-order valence-electron chi connectivity index (χ3n) is 3.64. The van der Waals surface area contributed by atoms with Crippen molar-refractivity contribution in [2.75, 3.05) is 0 Å². The topological polar surface area (TPSA) is 116 Å². The first-order chi connectivity index (χ1) is 12.0. The molecule has 0 radical (unpaired) electrons. The number of oxime groups is 1. The maximum atomic E-state index is 12.3. The molecule has 1 aromatic carbocycles. The molecule has 0 fully saturated rings. The van der Waals surface area contributed by atoms with Gasteiger partial charge in [0.2, 0.25) is 0 Å². The molecule has 0 aromatic heterocycles. The average molecular weight is 443 g/mol. The van der Waals surface area contributed by atoms with Crippen molar-refractivity contribution < 1.29 is 22.4 Å². The lowest BCUT2D eigenvalue weighted by Gasteiger charge is -2.17. The Morgan fingerprint density at radius 2 is 1.96 bits per heavy atom. The Morgan fingerprint density at radius 1 is 1.31 bits per heavy atom. The summed E-state index contributed by atoms with van der Waals surface area (Å²) in [5.74, 6) is -0.292. The number of rotatable bonds is 5. The number of nitrogens with zero attached hydrogens (tertiary/aromatic N) is 2. The highest BCUT2D eigenvalue weighted by atomic mass is 79.9. The van der Waals surface area contributed by atoms with Crippen molar-refractivity contribution in [2.24, 2.45) is 11.1 Å². The van der Waals surface area contributed by atoms with Gasteiger partial charge in [-0.05, 0) is 46.5 Å². The molecule has 0 saturated heterocycles. The number of ketones is 1. The van der Waals surface area contributed by atoms with Crippen LogP contribution in [-0.4, -0.2) is 24.8 Å². The van der Waals surface area contributed by atoms with E-state index in [1.807, 2.05) is 13.8 Å². The lowest BCUT2D eigenvalue weighted by atomic mass is 9.90. The Kier molecular flexibility index (Phi) is 5.77. The second kappa shape index (κ2) is 7.50. The predicted molar refractivity (Wildman–Crippen MR) is 98.4 cm³/mol. The lowest BCUT2D eigenvalue weighted by molar-refractivity contribution is -0.385. The summed E-state index contributed by atoms with van der Waals surface area (Å²) in [5, 5.41) is 14.4. The number of nitro benzene ring substituents is 1. The van der Waals surface area contributed by atoms with E-state index in [-0.39, 0.29) is 27.6 Å². The number of halogens is 1. The SMILES string of the molecule is CC1=C(Br)C(=O)C(C(C)C)=C/C1=N/OS(=O)(=O)c1cccc([N+](=O)[O-])c1. The van der Waals surface area contributed by atoms with Crippen molar-refractivity contribution >= 4 is 43.2 Å². The van der Waals surface area contributed by atoms with Crippen LogP contribution in [0.15, 0.2) is 56.0 Å². The first kappa shape index (κ1) is 20.0. The molecule has 0 amide bonds. The van der Waals surface area contributed by atoms with E-state index < -0.39 is 19.9 Å². The zero-order valence-electron chi connectivity index (χ0n) is 14.1. The van der Waals surface area contributed by atoms with Crippen molar-refractivity contribution in [1.29, 1.82) is 0 Å². The van der Waals surface area contributed by atoms with Crippen LogP contribution in [-0.2, 0) is 19.2 Å². The van der Waals surface area contributed by atoms with E-state index in [1.54, 1.807) is 6.92 Å². The van der Waals surface area contributed by atoms with Crippen LogP contribution in [0, 0.1) is 16.0 Å². The Balaban J connectivity index is 2.39. The fraction of sp³-hybridized carbons (Fsp3) is 0.250. The molecule has 0 atom stereocenters. The highest BCUT2D eigenvalue weighted by molar-refractivity contribution is 9.12. The normalized spacial score (nSPS) is 16.9. The predicted octanol–water partition coefficient (Wildman–Crippen LogP) is 3.49. The van der Waals surface area contributed by atoms with E-state index in [0.717, 1.165) is 6.07 Å². The standard InChI is InChI=1S/C16H15BrN2O6S/c1-9(2)13-8-14(10(3)15(17)16(13)20)18-25-26(23,24)12-6-4-5-11(7-12)19(21)22/h4-9H,1-3H3/b18-14-. The number of carbonyl (C=O) groups excluding carboxylic acids is 1. The third-order valence-corrected chi connectivity index (χ3v) is 5.70. The summed E-state index contributed by atoms with van der Waals surface area (Å²) in [7, 11) is -4.35. The van der Waals surface area contributed by atoms with Crippen LogP contribution in [0.25, 0.3) is 0 Å². The number of carbonyl (C=O) groups is 1. The van der Waals surface area contributed by atoms with Gasteiger partial charge in [-0.1, -0.05) is 25.1 Å². The highest BCUT2D eigenvalue weighted by Gasteiger charge is 2.26. The van der Waals surface area contributed by atoms with Crippen LogP contribution in [0.4, 0.5) is 5.69 Å². The first-order valence-electron chi connectivity index (χ1n) is 7.43. The molecule has 0 unspecified atom stereocenters. The van der Waals surface area contributed by atoms with E-state index in [2.05, 4.69) is 21.1 Å².